The van der Waals surface area contributed by atoms with Crippen LogP contribution in [-0.2, 0) is 25.8 Å². The van der Waals surface area contributed by atoms with E-state index in [1.807, 2.05) is 31.2 Å². The monoisotopic (exact) mass is 430 g/mol. The van der Waals surface area contributed by atoms with Crippen LogP contribution in [0, 0.1) is 0 Å². The van der Waals surface area contributed by atoms with Gasteiger partial charge in [0.05, 0.1) is 21.6 Å². The summed E-state index contributed by atoms with van der Waals surface area (Å²) in [6.45, 7) is 2.52. The van der Waals surface area contributed by atoms with Crippen LogP contribution in [0.3, 0.4) is 0 Å². The van der Waals surface area contributed by atoms with Crippen molar-refractivity contribution in [3.63, 3.8) is 0 Å². The fourth-order valence-corrected chi connectivity index (χ4v) is 5.94. The molecule has 1 atom stereocenters. The second-order valence-corrected chi connectivity index (χ2v) is 10.5. The molecule has 2 aliphatic rings. The first kappa shape index (κ1) is 20.0. The minimum absolute atomic E-state index is 0.0766. The maximum atomic E-state index is 12.8. The van der Waals surface area contributed by atoms with Crippen molar-refractivity contribution >= 4 is 44.8 Å². The van der Waals surface area contributed by atoms with Crippen molar-refractivity contribution in [2.45, 2.75) is 41.2 Å². The molecule has 2 aromatic rings. The number of nitrogens with one attached hydrogen (secondary N) is 1. The first-order valence-corrected chi connectivity index (χ1v) is 12.1. The fourth-order valence-electron chi connectivity index (χ4n) is 3.66. The number of rotatable bonds is 5. The Morgan fingerprint density at radius 3 is 2.83 bits per heavy atom. The van der Waals surface area contributed by atoms with Gasteiger partial charge in [0.25, 0.3) is 0 Å². The molecule has 2 aliphatic heterocycles. The number of para-hydroxylation sites is 1. The third kappa shape index (κ3) is 3.91. The molecule has 0 saturated heterocycles. The van der Waals surface area contributed by atoms with Gasteiger partial charge in [0, 0.05) is 23.5 Å². The second kappa shape index (κ2) is 7.84. The quantitative estimate of drug-likeness (QED) is 0.787. The zero-order valence-corrected chi connectivity index (χ0v) is 17.7. The van der Waals surface area contributed by atoms with Gasteiger partial charge in [0.1, 0.15) is 0 Å². The van der Waals surface area contributed by atoms with Crippen LogP contribution < -0.4 is 10.2 Å². The van der Waals surface area contributed by atoms with Crippen molar-refractivity contribution in [1.82, 2.24) is 0 Å². The van der Waals surface area contributed by atoms with Gasteiger partial charge in [-0.05, 0) is 42.7 Å². The van der Waals surface area contributed by atoms with Gasteiger partial charge in [0.15, 0.2) is 9.84 Å². The Hall–Kier alpha value is -2.32. The average molecular weight is 431 g/mol. The van der Waals surface area contributed by atoms with E-state index in [4.69, 9.17) is 0 Å². The smallest absolute Gasteiger partial charge is 0.237 e. The van der Waals surface area contributed by atoms with Crippen molar-refractivity contribution in [2.75, 3.05) is 22.5 Å². The molecule has 0 unspecified atom stereocenters. The lowest BCUT2D eigenvalue weighted by Crippen LogP contribution is -2.30. The zero-order valence-electron chi connectivity index (χ0n) is 16.1. The van der Waals surface area contributed by atoms with Gasteiger partial charge in [-0.1, -0.05) is 25.1 Å². The first-order chi connectivity index (χ1) is 13.9. The van der Waals surface area contributed by atoms with Crippen LogP contribution in [0.4, 0.5) is 11.4 Å². The predicted molar refractivity (Wildman–Crippen MR) is 114 cm³/mol. The minimum Gasteiger partial charge on any atom is -0.324 e. The van der Waals surface area contributed by atoms with Gasteiger partial charge in [-0.2, -0.15) is 0 Å². The molecule has 0 aliphatic carbocycles. The standard InChI is InChI=1S/C21H22N2O4S2/c1-2-18-21(25)22-16-13-15(7-8-19(16)28-18)29(26,27)12-10-20(24)23-11-9-14-5-3-4-6-17(14)23/h3-8,13,18H,2,9-12H2,1H3,(H,22,25)/t18-/m1/s1. The third-order valence-corrected chi connectivity index (χ3v) is 8.43. The molecule has 0 radical (unpaired) electrons. The topological polar surface area (TPSA) is 83.6 Å². The van der Waals surface area contributed by atoms with E-state index in [1.54, 1.807) is 17.0 Å². The van der Waals surface area contributed by atoms with Crippen molar-refractivity contribution in [3.05, 3.63) is 48.0 Å². The normalized spacial score (nSPS) is 18.2. The van der Waals surface area contributed by atoms with Crippen LogP contribution >= 0.6 is 11.8 Å². The number of carbonyl (C=O) groups is 2. The second-order valence-electron chi connectivity index (χ2n) is 7.15. The van der Waals surface area contributed by atoms with Gasteiger partial charge in [-0.3, -0.25) is 9.59 Å². The summed E-state index contributed by atoms with van der Waals surface area (Å²) in [6.07, 6.45) is 1.42. The number of amides is 2. The maximum Gasteiger partial charge on any atom is 0.237 e. The van der Waals surface area contributed by atoms with Crippen LogP contribution in [0.15, 0.2) is 52.3 Å². The van der Waals surface area contributed by atoms with E-state index in [0.29, 0.717) is 18.7 Å². The number of thioether (sulfide) groups is 1. The summed E-state index contributed by atoms with van der Waals surface area (Å²) in [5.41, 5.74) is 2.50. The molecule has 29 heavy (non-hydrogen) atoms. The molecule has 152 valence electrons. The largest absolute Gasteiger partial charge is 0.324 e. The number of sulfone groups is 1. The molecule has 6 nitrogen and oxygen atoms in total. The maximum absolute atomic E-state index is 12.8. The highest BCUT2D eigenvalue weighted by Crippen LogP contribution is 2.38. The minimum atomic E-state index is -3.64. The fraction of sp³-hybridized carbons (Fsp3) is 0.333. The highest BCUT2D eigenvalue weighted by molar-refractivity contribution is 8.01. The Balaban J connectivity index is 1.47. The van der Waals surface area contributed by atoms with Crippen molar-refractivity contribution in [3.8, 4) is 0 Å². The SMILES string of the molecule is CC[C@H]1Sc2ccc(S(=O)(=O)CCC(=O)N3CCc4ccccc43)cc2NC1=O. The highest BCUT2D eigenvalue weighted by atomic mass is 32.2. The van der Waals surface area contributed by atoms with E-state index in [1.165, 1.54) is 17.8 Å². The molecule has 4 rings (SSSR count). The molecule has 0 aromatic heterocycles. The van der Waals surface area contributed by atoms with Gasteiger partial charge >= 0.3 is 0 Å². The number of nitrogens with zero attached hydrogens (tertiary/aromatic N) is 1. The van der Waals surface area contributed by atoms with Gasteiger partial charge in [-0.25, -0.2) is 8.42 Å². The van der Waals surface area contributed by atoms with Crippen LogP contribution in [0.2, 0.25) is 0 Å². The molecule has 0 bridgehead atoms. The van der Waals surface area contributed by atoms with E-state index in [2.05, 4.69) is 5.32 Å². The molecule has 0 saturated carbocycles. The predicted octanol–water partition coefficient (Wildman–Crippen LogP) is 3.26. The molecule has 2 amide bonds. The van der Waals surface area contributed by atoms with Gasteiger partial charge in [0.2, 0.25) is 11.8 Å². The van der Waals surface area contributed by atoms with Crippen molar-refractivity contribution in [2.24, 2.45) is 0 Å². The Morgan fingerprint density at radius 2 is 2.03 bits per heavy atom. The van der Waals surface area contributed by atoms with Crippen LogP contribution in [0.25, 0.3) is 0 Å². The van der Waals surface area contributed by atoms with E-state index >= 15 is 0 Å². The van der Waals surface area contributed by atoms with Crippen LogP contribution in [-0.4, -0.2) is 37.8 Å². The molecule has 0 fully saturated rings. The lowest BCUT2D eigenvalue weighted by molar-refractivity contribution is -0.118. The Kier molecular flexibility index (Phi) is 5.40. The number of fused-ring (bicyclic) bond motifs is 2. The molecule has 2 aromatic carbocycles. The Labute approximate surface area is 174 Å². The van der Waals surface area contributed by atoms with E-state index in [0.717, 1.165) is 22.6 Å². The number of hydrogen-bond acceptors (Lipinski definition) is 5. The molecule has 0 spiro atoms. The Bertz CT molecular complexity index is 1080. The summed E-state index contributed by atoms with van der Waals surface area (Å²) in [4.78, 5) is 27.4. The van der Waals surface area contributed by atoms with Crippen molar-refractivity contribution in [1.29, 1.82) is 0 Å². The lowest BCUT2D eigenvalue weighted by atomic mass is 10.2. The third-order valence-electron chi connectivity index (χ3n) is 5.27. The van der Waals surface area contributed by atoms with E-state index in [9.17, 15) is 18.0 Å². The van der Waals surface area contributed by atoms with E-state index < -0.39 is 9.84 Å². The lowest BCUT2D eigenvalue weighted by Gasteiger charge is -2.23. The van der Waals surface area contributed by atoms with Crippen LogP contribution in [0.1, 0.15) is 25.3 Å². The molecular formula is C21H22N2O4S2. The summed E-state index contributed by atoms with van der Waals surface area (Å²) in [5, 5.41) is 2.63. The van der Waals surface area contributed by atoms with Crippen molar-refractivity contribution < 1.29 is 18.0 Å². The first-order valence-electron chi connectivity index (χ1n) is 9.61. The summed E-state index contributed by atoms with van der Waals surface area (Å²) in [5.74, 6) is -0.560. The Morgan fingerprint density at radius 1 is 1.24 bits per heavy atom. The van der Waals surface area contributed by atoms with Gasteiger partial charge in [-0.15, -0.1) is 11.8 Å². The molecule has 1 N–H and O–H groups in total. The number of benzene rings is 2. The zero-order chi connectivity index (χ0) is 20.6. The van der Waals surface area contributed by atoms with Gasteiger partial charge < -0.3 is 10.2 Å². The summed E-state index contributed by atoms with van der Waals surface area (Å²) < 4.78 is 25.6. The number of carbonyl (C=O) groups excluding carboxylic acids is 2. The molecule has 8 heteroatoms. The summed E-state index contributed by atoms with van der Waals surface area (Å²) >= 11 is 1.45. The summed E-state index contributed by atoms with van der Waals surface area (Å²) in [6, 6.07) is 12.5. The van der Waals surface area contributed by atoms with E-state index in [-0.39, 0.29) is 34.1 Å². The summed E-state index contributed by atoms with van der Waals surface area (Å²) in [7, 11) is -3.64. The molecular weight excluding hydrogens is 408 g/mol. The number of anilines is 2. The highest BCUT2D eigenvalue weighted by Gasteiger charge is 2.28. The van der Waals surface area contributed by atoms with Crippen LogP contribution in [0.5, 0.6) is 0 Å². The number of hydrogen-bond donors (Lipinski definition) is 1. The molecule has 2 heterocycles. The average Bonchev–Trinajstić information content (AvgIpc) is 3.15.